The zero-order valence-electron chi connectivity index (χ0n) is 11.6. The van der Waals surface area contributed by atoms with Crippen LogP contribution in [0.25, 0.3) is 0 Å². The van der Waals surface area contributed by atoms with Gasteiger partial charge in [0.05, 0.1) is 0 Å². The van der Waals surface area contributed by atoms with Crippen molar-refractivity contribution in [3.63, 3.8) is 0 Å². The van der Waals surface area contributed by atoms with Crippen LogP contribution < -0.4 is 0 Å². The summed E-state index contributed by atoms with van der Waals surface area (Å²) in [6.45, 7) is 11.5. The summed E-state index contributed by atoms with van der Waals surface area (Å²) in [6, 6.07) is 0. The minimum atomic E-state index is 0.820. The molecule has 0 amide bonds. The molecule has 0 aromatic rings. The van der Waals surface area contributed by atoms with Crippen molar-refractivity contribution in [1.29, 1.82) is 0 Å². The summed E-state index contributed by atoms with van der Waals surface area (Å²) < 4.78 is 0. The van der Waals surface area contributed by atoms with Gasteiger partial charge in [0.2, 0.25) is 0 Å². The number of nitrogens with zero attached hydrogens (tertiary/aromatic N) is 1. The molecule has 1 aliphatic carbocycles. The zero-order valence-corrected chi connectivity index (χ0v) is 11.6. The highest BCUT2D eigenvalue weighted by atomic mass is 15.1. The van der Waals surface area contributed by atoms with Crippen LogP contribution in [0, 0.1) is 11.8 Å². The lowest BCUT2D eigenvalue weighted by atomic mass is 9.85. The Kier molecular flexibility index (Phi) is 9.18. The lowest BCUT2D eigenvalue weighted by Gasteiger charge is -2.30. The first-order valence-corrected chi connectivity index (χ1v) is 6.78. The van der Waals surface area contributed by atoms with E-state index in [1.54, 1.807) is 0 Å². The molecule has 0 bridgehead atoms. The van der Waals surface area contributed by atoms with Crippen molar-refractivity contribution in [1.82, 2.24) is 4.90 Å². The third kappa shape index (κ3) is 8.92. The summed E-state index contributed by atoms with van der Waals surface area (Å²) in [5, 5.41) is 0. The van der Waals surface area contributed by atoms with Gasteiger partial charge in [0, 0.05) is 13.1 Å². The smallest absolute Gasteiger partial charge is 0.000672 e. The van der Waals surface area contributed by atoms with Crippen molar-refractivity contribution < 1.29 is 0 Å². The molecule has 15 heavy (non-hydrogen) atoms. The minimum Gasteiger partial charge on any atom is -0.306 e. The quantitative estimate of drug-likeness (QED) is 0.662. The molecule has 0 aromatic heterocycles. The van der Waals surface area contributed by atoms with E-state index in [2.05, 4.69) is 39.6 Å². The predicted molar refractivity (Wildman–Crippen MR) is 70.3 cm³/mol. The van der Waals surface area contributed by atoms with Crippen LogP contribution in [0.1, 0.15) is 59.8 Å². The predicted octanol–water partition coefficient (Wildman–Crippen LogP) is 4.18. The normalized spacial score (nSPS) is 16.2. The van der Waals surface area contributed by atoms with Crippen LogP contribution in [0.2, 0.25) is 0 Å². The van der Waals surface area contributed by atoms with E-state index in [-0.39, 0.29) is 0 Å². The molecule has 92 valence electrons. The van der Waals surface area contributed by atoms with Gasteiger partial charge >= 0.3 is 0 Å². The van der Waals surface area contributed by atoms with Crippen molar-refractivity contribution in [3.8, 4) is 0 Å². The lowest BCUT2D eigenvalue weighted by Crippen LogP contribution is -2.31. The molecule has 0 atom stereocenters. The second kappa shape index (κ2) is 9.21. The molecule has 1 rings (SSSR count). The molecule has 0 heterocycles. The highest BCUT2D eigenvalue weighted by Gasteiger charge is 2.18. The maximum atomic E-state index is 2.48. The van der Waals surface area contributed by atoms with Crippen molar-refractivity contribution in [2.45, 2.75) is 59.8 Å². The molecular formula is C14H31N. The Morgan fingerprint density at radius 2 is 1.67 bits per heavy atom. The van der Waals surface area contributed by atoms with Gasteiger partial charge in [-0.3, -0.25) is 0 Å². The number of hydrogen-bond acceptors (Lipinski definition) is 1. The van der Waals surface area contributed by atoms with Gasteiger partial charge in [0.1, 0.15) is 0 Å². The van der Waals surface area contributed by atoms with Crippen LogP contribution >= 0.6 is 0 Å². The fourth-order valence-electron chi connectivity index (χ4n) is 1.81. The fraction of sp³-hybridized carbons (Fsp3) is 1.00. The molecule has 0 unspecified atom stereocenters. The van der Waals surface area contributed by atoms with E-state index in [0.717, 1.165) is 11.8 Å². The van der Waals surface area contributed by atoms with E-state index in [1.165, 1.54) is 45.2 Å². The van der Waals surface area contributed by atoms with Crippen LogP contribution in [0.15, 0.2) is 0 Å². The Morgan fingerprint density at radius 3 is 1.93 bits per heavy atom. The molecule has 1 saturated carbocycles. The van der Waals surface area contributed by atoms with Crippen molar-refractivity contribution in [3.05, 3.63) is 0 Å². The molecule has 0 aromatic carbocycles. The number of rotatable bonds is 5. The van der Waals surface area contributed by atoms with Crippen molar-refractivity contribution in [2.75, 3.05) is 20.1 Å². The van der Waals surface area contributed by atoms with Crippen LogP contribution in [0.4, 0.5) is 0 Å². The first-order valence-electron chi connectivity index (χ1n) is 6.78. The summed E-state index contributed by atoms with van der Waals surface area (Å²) >= 11 is 0. The van der Waals surface area contributed by atoms with Gasteiger partial charge < -0.3 is 4.90 Å². The van der Waals surface area contributed by atoms with E-state index in [4.69, 9.17) is 0 Å². The van der Waals surface area contributed by atoms with Gasteiger partial charge in [-0.2, -0.15) is 0 Å². The second-order valence-electron chi connectivity index (χ2n) is 5.41. The molecule has 1 aliphatic rings. The molecule has 0 aliphatic heterocycles. The Bertz CT molecular complexity index is 125. The molecule has 0 N–H and O–H groups in total. The van der Waals surface area contributed by atoms with E-state index in [9.17, 15) is 0 Å². The molecular weight excluding hydrogens is 182 g/mol. The summed E-state index contributed by atoms with van der Waals surface area (Å²) in [4.78, 5) is 2.48. The third-order valence-corrected chi connectivity index (χ3v) is 2.97. The van der Waals surface area contributed by atoms with Gasteiger partial charge in [-0.1, -0.05) is 47.0 Å². The highest BCUT2D eigenvalue weighted by Crippen LogP contribution is 2.26. The molecule has 1 heteroatoms. The van der Waals surface area contributed by atoms with E-state index in [0.29, 0.717) is 0 Å². The van der Waals surface area contributed by atoms with Crippen molar-refractivity contribution in [2.24, 2.45) is 11.8 Å². The molecule has 1 fully saturated rings. The zero-order chi connectivity index (χ0) is 11.7. The number of unbranched alkanes of at least 4 members (excludes halogenated alkanes) is 1. The monoisotopic (exact) mass is 213 g/mol. The first-order chi connectivity index (χ1) is 7.10. The lowest BCUT2D eigenvalue weighted by molar-refractivity contribution is 0.192. The standard InChI is InChI=1S/C10H21N.C4H10/c1-9(2)7-11(3)8-10-5-4-6-10;1-3-4-2/h9-10H,4-8H2,1-3H3;3-4H2,1-2H3. The Balaban J connectivity index is 0.000000423. The third-order valence-electron chi connectivity index (χ3n) is 2.97. The highest BCUT2D eigenvalue weighted by molar-refractivity contribution is 4.72. The average Bonchev–Trinajstić information content (AvgIpc) is 2.11. The maximum absolute atomic E-state index is 2.48. The van der Waals surface area contributed by atoms with Gasteiger partial charge in [-0.25, -0.2) is 0 Å². The van der Waals surface area contributed by atoms with Gasteiger partial charge in [0.15, 0.2) is 0 Å². The Labute approximate surface area is 97.2 Å². The molecule has 1 nitrogen and oxygen atoms in total. The van der Waals surface area contributed by atoms with Crippen LogP contribution in [0.5, 0.6) is 0 Å². The summed E-state index contributed by atoms with van der Waals surface area (Å²) in [6.07, 6.45) is 7.06. The van der Waals surface area contributed by atoms with E-state index in [1.807, 2.05) is 0 Å². The molecule has 0 saturated heterocycles. The van der Waals surface area contributed by atoms with E-state index < -0.39 is 0 Å². The van der Waals surface area contributed by atoms with Gasteiger partial charge in [-0.05, 0) is 31.7 Å². The van der Waals surface area contributed by atoms with Crippen LogP contribution in [0.3, 0.4) is 0 Å². The van der Waals surface area contributed by atoms with Gasteiger partial charge in [0.25, 0.3) is 0 Å². The summed E-state index contributed by atoms with van der Waals surface area (Å²) in [7, 11) is 2.25. The number of hydrogen-bond donors (Lipinski definition) is 0. The first kappa shape index (κ1) is 15.0. The minimum absolute atomic E-state index is 0.820. The van der Waals surface area contributed by atoms with Crippen LogP contribution in [-0.2, 0) is 0 Å². The maximum Gasteiger partial charge on any atom is 0.000672 e. The Morgan fingerprint density at radius 1 is 1.13 bits per heavy atom. The SMILES string of the molecule is CC(C)CN(C)CC1CCC1.CCCC. The van der Waals surface area contributed by atoms with Gasteiger partial charge in [-0.15, -0.1) is 0 Å². The average molecular weight is 213 g/mol. The van der Waals surface area contributed by atoms with E-state index >= 15 is 0 Å². The molecule has 0 spiro atoms. The summed E-state index contributed by atoms with van der Waals surface area (Å²) in [5.41, 5.74) is 0. The Hall–Kier alpha value is -0.0400. The topological polar surface area (TPSA) is 3.24 Å². The second-order valence-corrected chi connectivity index (χ2v) is 5.41. The van der Waals surface area contributed by atoms with Crippen LogP contribution in [-0.4, -0.2) is 25.0 Å². The fourth-order valence-corrected chi connectivity index (χ4v) is 1.81. The largest absolute Gasteiger partial charge is 0.306 e. The summed E-state index contributed by atoms with van der Waals surface area (Å²) in [5.74, 6) is 1.85. The van der Waals surface area contributed by atoms with Crippen molar-refractivity contribution >= 4 is 0 Å². The molecule has 0 radical (unpaired) electrons.